The molecule has 5 rings (SSSR count). The minimum absolute atomic E-state index is 0.117. The first-order valence-corrected chi connectivity index (χ1v) is 13.7. The quantitative estimate of drug-likeness (QED) is 0.192. The Balaban J connectivity index is 1.41. The molecule has 178 valence electrons. The van der Waals surface area contributed by atoms with Crippen molar-refractivity contribution < 1.29 is 9.21 Å². The van der Waals surface area contributed by atoms with Crippen molar-refractivity contribution in [3.8, 4) is 0 Å². The third kappa shape index (κ3) is 5.58. The average molecular weight is 568 g/mol. The SMILES string of the molecule is Cc1ccc(NC(=O)c2c(N=Cc3cc(Br)c(Sc4nccc(C)n4)o3)sc3c2CCCC3)cc1. The summed E-state index contributed by atoms with van der Waals surface area (Å²) in [6, 6.07) is 11.5. The van der Waals surface area contributed by atoms with E-state index in [0.717, 1.165) is 52.7 Å². The summed E-state index contributed by atoms with van der Waals surface area (Å²) in [7, 11) is 0. The van der Waals surface area contributed by atoms with E-state index in [0.29, 0.717) is 26.6 Å². The van der Waals surface area contributed by atoms with Crippen LogP contribution < -0.4 is 5.32 Å². The van der Waals surface area contributed by atoms with Crippen LogP contribution in [0, 0.1) is 13.8 Å². The van der Waals surface area contributed by atoms with E-state index >= 15 is 0 Å². The van der Waals surface area contributed by atoms with Gasteiger partial charge in [-0.15, -0.1) is 11.3 Å². The third-order valence-electron chi connectivity index (χ3n) is 5.63. The Morgan fingerprint density at radius 3 is 2.80 bits per heavy atom. The molecule has 0 aliphatic heterocycles. The van der Waals surface area contributed by atoms with Crippen LogP contribution in [0.3, 0.4) is 0 Å². The number of carbonyl (C=O) groups excluding carboxylic acids is 1. The van der Waals surface area contributed by atoms with Gasteiger partial charge < -0.3 is 9.73 Å². The molecule has 0 spiro atoms. The van der Waals surface area contributed by atoms with Gasteiger partial charge in [-0.3, -0.25) is 4.79 Å². The van der Waals surface area contributed by atoms with E-state index in [9.17, 15) is 4.79 Å². The van der Waals surface area contributed by atoms with Crippen LogP contribution in [-0.4, -0.2) is 22.1 Å². The molecule has 0 bridgehead atoms. The number of hydrogen-bond acceptors (Lipinski definition) is 7. The lowest BCUT2D eigenvalue weighted by molar-refractivity contribution is 0.102. The van der Waals surface area contributed by atoms with Crippen LogP contribution in [0.5, 0.6) is 0 Å². The lowest BCUT2D eigenvalue weighted by atomic mass is 9.95. The molecule has 1 N–H and O–H groups in total. The summed E-state index contributed by atoms with van der Waals surface area (Å²) in [5.74, 6) is 0.470. The number of thiophene rings is 1. The van der Waals surface area contributed by atoms with Crippen LogP contribution in [0.2, 0.25) is 0 Å². The molecular formula is C26H23BrN4O2S2. The number of fused-ring (bicyclic) bond motifs is 1. The summed E-state index contributed by atoms with van der Waals surface area (Å²) in [6.45, 7) is 3.95. The fraction of sp³-hybridized carbons (Fsp3) is 0.231. The van der Waals surface area contributed by atoms with Gasteiger partial charge in [0.15, 0.2) is 10.2 Å². The van der Waals surface area contributed by atoms with E-state index in [-0.39, 0.29) is 5.91 Å². The molecule has 3 aromatic heterocycles. The molecule has 0 unspecified atom stereocenters. The van der Waals surface area contributed by atoms with Crippen LogP contribution >= 0.6 is 39.0 Å². The molecule has 35 heavy (non-hydrogen) atoms. The van der Waals surface area contributed by atoms with E-state index in [1.54, 1.807) is 23.7 Å². The smallest absolute Gasteiger partial charge is 0.259 e. The van der Waals surface area contributed by atoms with Crippen LogP contribution in [0.1, 0.15) is 50.7 Å². The highest BCUT2D eigenvalue weighted by atomic mass is 79.9. The Bertz CT molecular complexity index is 1410. The Morgan fingerprint density at radius 2 is 2.00 bits per heavy atom. The van der Waals surface area contributed by atoms with Crippen LogP contribution in [0.25, 0.3) is 0 Å². The molecular weight excluding hydrogens is 544 g/mol. The molecule has 0 radical (unpaired) electrons. The van der Waals surface area contributed by atoms with Crippen molar-refractivity contribution in [2.45, 2.75) is 49.8 Å². The molecule has 0 atom stereocenters. The van der Waals surface area contributed by atoms with Crippen molar-refractivity contribution in [1.29, 1.82) is 0 Å². The van der Waals surface area contributed by atoms with Crippen LogP contribution in [-0.2, 0) is 12.8 Å². The topological polar surface area (TPSA) is 80.4 Å². The lowest BCUT2D eigenvalue weighted by Crippen LogP contribution is -2.14. The number of amides is 1. The number of carbonyl (C=O) groups is 1. The number of halogens is 1. The van der Waals surface area contributed by atoms with Crippen molar-refractivity contribution in [1.82, 2.24) is 9.97 Å². The van der Waals surface area contributed by atoms with Crippen molar-refractivity contribution >= 4 is 61.8 Å². The van der Waals surface area contributed by atoms with E-state index < -0.39 is 0 Å². The van der Waals surface area contributed by atoms with E-state index in [2.05, 4.69) is 31.2 Å². The van der Waals surface area contributed by atoms with E-state index in [1.807, 2.05) is 50.2 Å². The van der Waals surface area contributed by atoms with E-state index in [1.165, 1.54) is 16.6 Å². The molecule has 1 aromatic carbocycles. The molecule has 4 aromatic rings. The van der Waals surface area contributed by atoms with Crippen molar-refractivity contribution in [2.75, 3.05) is 5.32 Å². The Hall–Kier alpha value is -2.75. The van der Waals surface area contributed by atoms with Gasteiger partial charge in [-0.2, -0.15) is 0 Å². The third-order valence-corrected chi connectivity index (χ3v) is 8.55. The molecule has 6 nitrogen and oxygen atoms in total. The highest BCUT2D eigenvalue weighted by molar-refractivity contribution is 9.10. The number of furan rings is 1. The van der Waals surface area contributed by atoms with Crippen LogP contribution in [0.15, 0.2) is 66.7 Å². The first-order chi connectivity index (χ1) is 17.0. The van der Waals surface area contributed by atoms with Gasteiger partial charge in [0.05, 0.1) is 16.3 Å². The number of nitrogens with one attached hydrogen (secondary N) is 1. The van der Waals surface area contributed by atoms with Gasteiger partial charge in [-0.1, -0.05) is 17.7 Å². The molecule has 1 aliphatic rings. The summed E-state index contributed by atoms with van der Waals surface area (Å²) in [6.07, 6.45) is 7.52. The maximum atomic E-state index is 13.3. The molecule has 0 fully saturated rings. The Kier molecular flexibility index (Phi) is 7.17. The second-order valence-corrected chi connectivity index (χ2v) is 11.2. The van der Waals surface area contributed by atoms with Gasteiger partial charge in [0.25, 0.3) is 5.91 Å². The van der Waals surface area contributed by atoms with Gasteiger partial charge in [0, 0.05) is 28.5 Å². The molecule has 1 aliphatic carbocycles. The lowest BCUT2D eigenvalue weighted by Gasteiger charge is -2.13. The van der Waals surface area contributed by atoms with Gasteiger partial charge in [0.1, 0.15) is 10.8 Å². The minimum atomic E-state index is -0.117. The molecule has 0 saturated carbocycles. The van der Waals surface area contributed by atoms with Crippen molar-refractivity contribution in [2.24, 2.45) is 4.99 Å². The standard InChI is InChI=1S/C26H23BrN4O2S2/c1-15-7-9-17(10-8-15)31-23(32)22-19-5-3-4-6-21(19)34-24(22)29-14-18-13-20(27)25(33-18)35-26-28-12-11-16(2)30-26/h7-14H,3-6H2,1-2H3,(H,31,32). The molecule has 9 heteroatoms. The second kappa shape index (κ2) is 10.5. The Morgan fingerprint density at radius 1 is 1.20 bits per heavy atom. The first-order valence-electron chi connectivity index (χ1n) is 11.3. The van der Waals surface area contributed by atoms with E-state index in [4.69, 9.17) is 9.41 Å². The normalized spacial score (nSPS) is 13.2. The molecule has 3 heterocycles. The zero-order valence-electron chi connectivity index (χ0n) is 19.3. The summed E-state index contributed by atoms with van der Waals surface area (Å²) >= 11 is 6.50. The zero-order valence-corrected chi connectivity index (χ0v) is 22.5. The number of hydrogen-bond donors (Lipinski definition) is 1. The van der Waals surface area contributed by atoms with Crippen molar-refractivity contribution in [3.05, 3.63) is 80.1 Å². The summed E-state index contributed by atoms with van der Waals surface area (Å²) in [5.41, 5.74) is 4.63. The maximum absolute atomic E-state index is 13.3. The fourth-order valence-corrected chi connectivity index (χ4v) is 6.43. The summed E-state index contributed by atoms with van der Waals surface area (Å²) < 4.78 is 6.78. The predicted molar refractivity (Wildman–Crippen MR) is 145 cm³/mol. The number of anilines is 1. The van der Waals surface area contributed by atoms with Crippen LogP contribution in [0.4, 0.5) is 10.7 Å². The summed E-state index contributed by atoms with van der Waals surface area (Å²) in [5, 5.41) is 5.03. The zero-order chi connectivity index (χ0) is 24.4. The van der Waals surface area contributed by atoms with Gasteiger partial charge in [-0.25, -0.2) is 15.0 Å². The van der Waals surface area contributed by atoms with Gasteiger partial charge >= 0.3 is 0 Å². The minimum Gasteiger partial charge on any atom is -0.447 e. The van der Waals surface area contributed by atoms with Gasteiger partial charge in [-0.05, 0) is 91.0 Å². The predicted octanol–water partition coefficient (Wildman–Crippen LogP) is 7.54. The fourth-order valence-electron chi connectivity index (χ4n) is 3.89. The number of benzene rings is 1. The first kappa shape index (κ1) is 24.0. The number of aryl methyl sites for hydroxylation is 3. The van der Waals surface area contributed by atoms with Crippen molar-refractivity contribution in [3.63, 3.8) is 0 Å². The average Bonchev–Trinajstić information content (AvgIpc) is 3.39. The number of rotatable bonds is 6. The van der Waals surface area contributed by atoms with Gasteiger partial charge in [0.2, 0.25) is 0 Å². The monoisotopic (exact) mass is 566 g/mol. The highest BCUT2D eigenvalue weighted by Gasteiger charge is 2.25. The number of aliphatic imine (C=N–C) groups is 1. The second-order valence-electron chi connectivity index (χ2n) is 8.34. The Labute approximate surface area is 220 Å². The maximum Gasteiger partial charge on any atom is 0.259 e. The highest BCUT2D eigenvalue weighted by Crippen LogP contribution is 2.40. The molecule has 1 amide bonds. The largest absolute Gasteiger partial charge is 0.447 e. The number of aromatic nitrogens is 2. The summed E-state index contributed by atoms with van der Waals surface area (Å²) in [4.78, 5) is 28.0. The molecule has 0 saturated heterocycles. The number of nitrogens with zero attached hydrogens (tertiary/aromatic N) is 3.